The second-order valence-electron chi connectivity index (χ2n) is 7.42. The lowest BCUT2D eigenvalue weighted by Gasteiger charge is -2.24. The highest BCUT2D eigenvalue weighted by molar-refractivity contribution is 5.95. The van der Waals surface area contributed by atoms with E-state index in [0.717, 1.165) is 24.2 Å². The molecule has 0 aliphatic rings. The normalized spacial score (nSPS) is 11.1. The van der Waals surface area contributed by atoms with Crippen LogP contribution in [0.5, 0.6) is 0 Å². The van der Waals surface area contributed by atoms with Crippen molar-refractivity contribution in [2.24, 2.45) is 5.10 Å². The van der Waals surface area contributed by atoms with Crippen molar-refractivity contribution >= 4 is 29.8 Å². The van der Waals surface area contributed by atoms with Crippen LogP contribution in [0.2, 0.25) is 0 Å². The first-order chi connectivity index (χ1) is 15.6. The number of carbonyl (C=O) groups is 2. The van der Waals surface area contributed by atoms with Crippen LogP contribution >= 0.6 is 0 Å². The molecule has 0 fully saturated rings. The summed E-state index contributed by atoms with van der Waals surface area (Å²) < 4.78 is 0. The molecule has 0 saturated carbocycles. The van der Waals surface area contributed by atoms with E-state index in [-0.39, 0.29) is 5.91 Å². The molecule has 7 nitrogen and oxygen atoms in total. The summed E-state index contributed by atoms with van der Waals surface area (Å²) in [7, 11) is 0. The van der Waals surface area contributed by atoms with E-state index in [2.05, 4.69) is 41.4 Å². The second kappa shape index (κ2) is 13.8. The maximum absolute atomic E-state index is 12.3. The molecule has 0 unspecified atom stereocenters. The molecule has 0 spiro atoms. The third-order valence-electron chi connectivity index (χ3n) is 4.91. The Morgan fingerprint density at radius 3 is 2.09 bits per heavy atom. The number of nitrogens with one attached hydrogen (secondary N) is 2. The van der Waals surface area contributed by atoms with Crippen LogP contribution in [0, 0.1) is 0 Å². The predicted octanol–water partition coefficient (Wildman–Crippen LogP) is 4.38. The zero-order chi connectivity index (χ0) is 23.2. The summed E-state index contributed by atoms with van der Waals surface area (Å²) in [5.41, 5.74) is 7.33. The molecule has 0 aliphatic carbocycles. The molecule has 2 amide bonds. The van der Waals surface area contributed by atoms with Crippen LogP contribution in [-0.4, -0.2) is 36.3 Å². The van der Waals surface area contributed by atoms with Gasteiger partial charge in [0.2, 0.25) is 0 Å². The first kappa shape index (κ1) is 24.8. The molecule has 0 radical (unpaired) electrons. The first-order valence-corrected chi connectivity index (χ1v) is 11.0. The minimum Gasteiger partial charge on any atom is -0.372 e. The molecule has 32 heavy (non-hydrogen) atoms. The summed E-state index contributed by atoms with van der Waals surface area (Å²) in [6.45, 7) is 6.53. The van der Waals surface area contributed by atoms with E-state index in [1.165, 1.54) is 49.0 Å². The van der Waals surface area contributed by atoms with Crippen LogP contribution in [0.3, 0.4) is 0 Å². The maximum atomic E-state index is 12.3. The Morgan fingerprint density at radius 1 is 0.938 bits per heavy atom. The highest BCUT2D eigenvalue weighted by Crippen LogP contribution is 2.16. The van der Waals surface area contributed by atoms with Gasteiger partial charge < -0.3 is 4.90 Å². The van der Waals surface area contributed by atoms with Crippen molar-refractivity contribution in [3.05, 3.63) is 71.3 Å². The Morgan fingerprint density at radius 2 is 1.53 bits per heavy atom. The molecule has 2 aromatic rings. The first-order valence-electron chi connectivity index (χ1n) is 11.0. The van der Waals surface area contributed by atoms with Gasteiger partial charge in [0.05, 0.1) is 6.21 Å². The van der Waals surface area contributed by atoms with Crippen molar-refractivity contribution in [1.82, 2.24) is 10.9 Å². The number of amides is 2. The van der Waals surface area contributed by atoms with E-state index in [0.29, 0.717) is 5.56 Å². The summed E-state index contributed by atoms with van der Waals surface area (Å²) in [5, 5.41) is 12.5. The molecule has 0 saturated heterocycles. The number of nitrogens with zero attached hydrogens (tertiary/aromatic N) is 2. The average molecular weight is 437 g/mol. The quantitative estimate of drug-likeness (QED) is 0.199. The fraction of sp³-hybridized carbons (Fsp3) is 0.320. The van der Waals surface area contributed by atoms with Gasteiger partial charge in [-0.05, 0) is 54.3 Å². The Balaban J connectivity index is 1.92. The number of hydrogen-bond donors (Lipinski definition) is 3. The Bertz CT molecular complexity index is 898. The van der Waals surface area contributed by atoms with Gasteiger partial charge in [0.25, 0.3) is 11.8 Å². The summed E-state index contributed by atoms with van der Waals surface area (Å²) >= 11 is 0. The smallest absolute Gasteiger partial charge is 0.271 e. The van der Waals surface area contributed by atoms with Crippen LogP contribution in [0.15, 0.2) is 59.7 Å². The third-order valence-corrected chi connectivity index (χ3v) is 4.91. The minimum atomic E-state index is -0.621. The predicted molar refractivity (Wildman–Crippen MR) is 129 cm³/mol. The molecule has 3 N–H and O–H groups in total. The molecule has 0 bridgehead atoms. The van der Waals surface area contributed by atoms with E-state index in [1.54, 1.807) is 30.5 Å². The fourth-order valence-corrected chi connectivity index (χ4v) is 3.02. The lowest BCUT2D eigenvalue weighted by atomic mass is 10.1. The zero-order valence-corrected chi connectivity index (χ0v) is 18.8. The molecule has 0 atom stereocenters. The second-order valence-corrected chi connectivity index (χ2v) is 7.42. The van der Waals surface area contributed by atoms with Crippen LogP contribution in [0.25, 0.3) is 6.08 Å². The van der Waals surface area contributed by atoms with E-state index in [4.69, 9.17) is 5.21 Å². The third kappa shape index (κ3) is 8.35. The van der Waals surface area contributed by atoms with E-state index in [1.807, 2.05) is 12.1 Å². The molecule has 170 valence electrons. The molecule has 2 rings (SSSR count). The molecule has 0 aliphatic heterocycles. The van der Waals surface area contributed by atoms with Gasteiger partial charge in [0, 0.05) is 30.4 Å². The van der Waals surface area contributed by atoms with Gasteiger partial charge >= 0.3 is 0 Å². The van der Waals surface area contributed by atoms with Crippen LogP contribution in [0.4, 0.5) is 5.69 Å². The highest BCUT2D eigenvalue weighted by atomic mass is 16.5. The monoisotopic (exact) mass is 436 g/mol. The van der Waals surface area contributed by atoms with Gasteiger partial charge in [0.15, 0.2) is 0 Å². The largest absolute Gasteiger partial charge is 0.372 e. The van der Waals surface area contributed by atoms with Crippen molar-refractivity contribution in [1.29, 1.82) is 0 Å². The SMILES string of the molecule is CCCCN(CCCC)c1ccc(C=NNC(=O)c2ccc(C=CC(=O)NO)cc2)cc1. The summed E-state index contributed by atoms with van der Waals surface area (Å²) in [6.07, 6.45) is 9.04. The van der Waals surface area contributed by atoms with Crippen molar-refractivity contribution in [2.75, 3.05) is 18.0 Å². The van der Waals surface area contributed by atoms with E-state index < -0.39 is 5.91 Å². The Hall–Kier alpha value is -3.45. The van der Waals surface area contributed by atoms with Gasteiger partial charge in [-0.1, -0.05) is 51.0 Å². The molecule has 0 heterocycles. The molecular weight excluding hydrogens is 404 g/mol. The minimum absolute atomic E-state index is 0.327. The maximum Gasteiger partial charge on any atom is 0.271 e. The van der Waals surface area contributed by atoms with Crippen LogP contribution in [0.1, 0.15) is 61.0 Å². The fourth-order valence-electron chi connectivity index (χ4n) is 3.02. The number of hydrogen-bond acceptors (Lipinski definition) is 5. The molecule has 0 aromatic heterocycles. The topological polar surface area (TPSA) is 94.0 Å². The average Bonchev–Trinajstić information content (AvgIpc) is 2.83. The van der Waals surface area contributed by atoms with Crippen molar-refractivity contribution in [2.45, 2.75) is 39.5 Å². The van der Waals surface area contributed by atoms with Crippen molar-refractivity contribution < 1.29 is 14.8 Å². The van der Waals surface area contributed by atoms with Gasteiger partial charge in [-0.15, -0.1) is 0 Å². The van der Waals surface area contributed by atoms with Gasteiger partial charge in [-0.3, -0.25) is 14.8 Å². The number of unbranched alkanes of at least 4 members (excludes halogenated alkanes) is 2. The number of hydroxylamine groups is 1. The van der Waals surface area contributed by atoms with Crippen LogP contribution in [-0.2, 0) is 4.79 Å². The van der Waals surface area contributed by atoms with Gasteiger partial charge in [-0.2, -0.15) is 5.10 Å². The van der Waals surface area contributed by atoms with Crippen molar-refractivity contribution in [3.63, 3.8) is 0 Å². The van der Waals surface area contributed by atoms with Crippen LogP contribution < -0.4 is 15.8 Å². The summed E-state index contributed by atoms with van der Waals surface area (Å²) in [6, 6.07) is 14.9. The van der Waals surface area contributed by atoms with Crippen molar-refractivity contribution in [3.8, 4) is 0 Å². The van der Waals surface area contributed by atoms with Gasteiger partial charge in [-0.25, -0.2) is 10.9 Å². The lowest BCUT2D eigenvalue weighted by Crippen LogP contribution is -2.25. The zero-order valence-electron chi connectivity index (χ0n) is 18.8. The van der Waals surface area contributed by atoms with Gasteiger partial charge in [0.1, 0.15) is 0 Å². The summed E-state index contributed by atoms with van der Waals surface area (Å²) in [5.74, 6) is -0.948. The Kier molecular flexibility index (Phi) is 10.7. The number of rotatable bonds is 12. The number of carbonyl (C=O) groups excluding carboxylic acids is 2. The highest BCUT2D eigenvalue weighted by Gasteiger charge is 2.06. The number of benzene rings is 2. The molecule has 2 aromatic carbocycles. The molecule has 7 heteroatoms. The number of hydrazone groups is 1. The van der Waals surface area contributed by atoms with E-state index >= 15 is 0 Å². The summed E-state index contributed by atoms with van der Waals surface area (Å²) in [4.78, 5) is 25.7. The molecular formula is C25H32N4O3. The standard InChI is InChI=1S/C25H32N4O3/c1-3-5-17-29(18-6-4-2)23-14-9-21(10-15-23)19-26-27-25(31)22-12-7-20(8-13-22)11-16-24(30)28-32/h7-16,19,32H,3-6,17-18H2,1-2H3,(H,27,31)(H,28,30). The Labute approximate surface area is 189 Å². The van der Waals surface area contributed by atoms with E-state index in [9.17, 15) is 9.59 Å². The number of anilines is 1. The lowest BCUT2D eigenvalue weighted by molar-refractivity contribution is -0.124.